The molecular formula is C12H26N2O. The zero-order valence-corrected chi connectivity index (χ0v) is 10.0. The van der Waals surface area contributed by atoms with E-state index in [0.717, 1.165) is 18.9 Å². The van der Waals surface area contributed by atoms with Crippen LogP contribution < -0.4 is 5.32 Å². The number of aliphatic hydroxyl groups is 1. The molecule has 0 aromatic heterocycles. The first-order chi connectivity index (χ1) is 7.33. The molecule has 1 saturated carbocycles. The second-order valence-corrected chi connectivity index (χ2v) is 4.67. The Labute approximate surface area is 93.9 Å². The number of nitrogens with one attached hydrogen (secondary N) is 1. The van der Waals surface area contributed by atoms with Crippen LogP contribution in [0.5, 0.6) is 0 Å². The lowest BCUT2D eigenvalue weighted by Gasteiger charge is -2.16. The molecule has 0 amide bonds. The molecule has 0 aromatic carbocycles. The van der Waals surface area contributed by atoms with E-state index in [1.165, 1.54) is 45.3 Å². The minimum Gasteiger partial charge on any atom is -0.396 e. The third-order valence-electron chi connectivity index (χ3n) is 2.92. The smallest absolute Gasteiger partial charge is 0.0431 e. The van der Waals surface area contributed by atoms with Crippen LogP contribution in [0, 0.1) is 0 Å². The monoisotopic (exact) mass is 214 g/mol. The lowest BCUT2D eigenvalue weighted by molar-refractivity contribution is 0.272. The highest BCUT2D eigenvalue weighted by Crippen LogP contribution is 2.18. The molecule has 0 heterocycles. The molecule has 0 saturated heterocycles. The Balaban J connectivity index is 1.77. The van der Waals surface area contributed by atoms with Crippen molar-refractivity contribution in [3.05, 3.63) is 0 Å². The molecule has 1 fully saturated rings. The zero-order chi connectivity index (χ0) is 10.9. The van der Waals surface area contributed by atoms with E-state index in [9.17, 15) is 0 Å². The summed E-state index contributed by atoms with van der Waals surface area (Å²) < 4.78 is 0. The molecule has 1 rings (SSSR count). The Kier molecular flexibility index (Phi) is 6.98. The standard InChI is InChI=1S/C12H26N2O/c1-14(9-3-2-4-11-15)10-5-8-13-12-6-7-12/h12-13,15H,2-11H2,1H3. The third-order valence-corrected chi connectivity index (χ3v) is 2.92. The number of hydrogen-bond acceptors (Lipinski definition) is 3. The number of nitrogens with zero attached hydrogens (tertiary/aromatic N) is 1. The minimum atomic E-state index is 0.342. The molecule has 0 radical (unpaired) electrons. The third kappa shape index (κ3) is 7.77. The van der Waals surface area contributed by atoms with E-state index < -0.39 is 0 Å². The summed E-state index contributed by atoms with van der Waals surface area (Å²) in [6.07, 6.45) is 7.35. The first-order valence-electron chi connectivity index (χ1n) is 6.35. The van der Waals surface area contributed by atoms with Gasteiger partial charge in [0, 0.05) is 12.6 Å². The van der Waals surface area contributed by atoms with Crippen LogP contribution in [0.4, 0.5) is 0 Å². The molecule has 90 valence electrons. The summed E-state index contributed by atoms with van der Waals surface area (Å²) in [5.74, 6) is 0. The number of unbranched alkanes of at least 4 members (excludes halogenated alkanes) is 2. The molecule has 2 N–H and O–H groups in total. The second-order valence-electron chi connectivity index (χ2n) is 4.67. The van der Waals surface area contributed by atoms with Crippen LogP contribution in [0.2, 0.25) is 0 Å². The highest BCUT2D eigenvalue weighted by molar-refractivity contribution is 4.80. The Bertz CT molecular complexity index is 149. The van der Waals surface area contributed by atoms with Gasteiger partial charge in [0.2, 0.25) is 0 Å². The van der Waals surface area contributed by atoms with Crippen LogP contribution >= 0.6 is 0 Å². The fourth-order valence-corrected chi connectivity index (χ4v) is 1.72. The van der Waals surface area contributed by atoms with Crippen molar-refractivity contribution >= 4 is 0 Å². The van der Waals surface area contributed by atoms with Crippen molar-refractivity contribution in [3.63, 3.8) is 0 Å². The van der Waals surface area contributed by atoms with Crippen molar-refractivity contribution in [2.75, 3.05) is 33.3 Å². The molecule has 0 atom stereocenters. The molecule has 0 bridgehead atoms. The number of rotatable bonds is 10. The minimum absolute atomic E-state index is 0.342. The van der Waals surface area contributed by atoms with Crippen LogP contribution in [0.25, 0.3) is 0 Å². The molecule has 3 heteroatoms. The van der Waals surface area contributed by atoms with E-state index >= 15 is 0 Å². The topological polar surface area (TPSA) is 35.5 Å². The predicted octanol–water partition coefficient (Wildman–Crippen LogP) is 1.22. The maximum absolute atomic E-state index is 8.64. The summed E-state index contributed by atoms with van der Waals surface area (Å²) in [5.41, 5.74) is 0. The van der Waals surface area contributed by atoms with Gasteiger partial charge >= 0.3 is 0 Å². The number of hydrogen-bond donors (Lipinski definition) is 2. The summed E-state index contributed by atoms with van der Waals surface area (Å²) in [6.45, 7) is 3.88. The van der Waals surface area contributed by atoms with E-state index in [-0.39, 0.29) is 0 Å². The van der Waals surface area contributed by atoms with Gasteiger partial charge in [-0.05, 0) is 65.2 Å². The molecule has 0 unspecified atom stereocenters. The van der Waals surface area contributed by atoms with Gasteiger partial charge in [-0.2, -0.15) is 0 Å². The fraction of sp³-hybridized carbons (Fsp3) is 1.00. The molecule has 0 aliphatic heterocycles. The lowest BCUT2D eigenvalue weighted by Crippen LogP contribution is -2.25. The highest BCUT2D eigenvalue weighted by Gasteiger charge is 2.19. The Morgan fingerprint density at radius 3 is 2.53 bits per heavy atom. The van der Waals surface area contributed by atoms with E-state index in [2.05, 4.69) is 17.3 Å². The van der Waals surface area contributed by atoms with Gasteiger partial charge in [-0.25, -0.2) is 0 Å². The average Bonchev–Trinajstić information content (AvgIpc) is 3.03. The molecule has 15 heavy (non-hydrogen) atoms. The van der Waals surface area contributed by atoms with Crippen LogP contribution in [0.1, 0.15) is 38.5 Å². The van der Waals surface area contributed by atoms with Crippen LogP contribution in [-0.2, 0) is 0 Å². The van der Waals surface area contributed by atoms with E-state index in [0.29, 0.717) is 6.61 Å². The van der Waals surface area contributed by atoms with Gasteiger partial charge < -0.3 is 15.3 Å². The first-order valence-corrected chi connectivity index (χ1v) is 6.35. The van der Waals surface area contributed by atoms with Crippen LogP contribution in [0.3, 0.4) is 0 Å². The highest BCUT2D eigenvalue weighted by atomic mass is 16.2. The van der Waals surface area contributed by atoms with Gasteiger partial charge in [0.25, 0.3) is 0 Å². The quantitative estimate of drug-likeness (QED) is 0.537. The summed E-state index contributed by atoms with van der Waals surface area (Å²) >= 11 is 0. The predicted molar refractivity (Wildman–Crippen MR) is 64.1 cm³/mol. The van der Waals surface area contributed by atoms with Gasteiger partial charge in [0.05, 0.1) is 0 Å². The van der Waals surface area contributed by atoms with Crippen molar-refractivity contribution in [2.24, 2.45) is 0 Å². The van der Waals surface area contributed by atoms with Crippen molar-refractivity contribution in [1.29, 1.82) is 0 Å². The maximum atomic E-state index is 8.64. The van der Waals surface area contributed by atoms with Crippen LogP contribution in [-0.4, -0.2) is 49.3 Å². The van der Waals surface area contributed by atoms with E-state index in [1.807, 2.05) is 0 Å². The number of aliphatic hydroxyl groups excluding tert-OH is 1. The average molecular weight is 214 g/mol. The van der Waals surface area contributed by atoms with Gasteiger partial charge in [-0.3, -0.25) is 0 Å². The van der Waals surface area contributed by atoms with E-state index in [1.54, 1.807) is 0 Å². The van der Waals surface area contributed by atoms with Gasteiger partial charge in [0.1, 0.15) is 0 Å². The molecule has 0 spiro atoms. The van der Waals surface area contributed by atoms with Gasteiger partial charge in [0.15, 0.2) is 0 Å². The van der Waals surface area contributed by atoms with Crippen molar-refractivity contribution in [2.45, 2.75) is 44.6 Å². The maximum Gasteiger partial charge on any atom is 0.0431 e. The first kappa shape index (κ1) is 12.9. The Hall–Kier alpha value is -0.120. The molecule has 3 nitrogen and oxygen atoms in total. The molecule has 0 aromatic rings. The summed E-state index contributed by atoms with van der Waals surface area (Å²) in [6, 6.07) is 0.847. The SMILES string of the molecule is CN(CCCCCO)CCCNC1CC1. The molecular weight excluding hydrogens is 188 g/mol. The lowest BCUT2D eigenvalue weighted by atomic mass is 10.2. The normalized spacial score (nSPS) is 16.2. The van der Waals surface area contributed by atoms with Crippen molar-refractivity contribution in [3.8, 4) is 0 Å². The largest absolute Gasteiger partial charge is 0.396 e. The Morgan fingerprint density at radius 1 is 1.13 bits per heavy atom. The van der Waals surface area contributed by atoms with Gasteiger partial charge in [-0.1, -0.05) is 0 Å². The summed E-state index contributed by atoms with van der Waals surface area (Å²) in [5, 5.41) is 12.2. The van der Waals surface area contributed by atoms with Crippen molar-refractivity contribution < 1.29 is 5.11 Å². The summed E-state index contributed by atoms with van der Waals surface area (Å²) in [4.78, 5) is 2.39. The fourth-order valence-electron chi connectivity index (χ4n) is 1.72. The van der Waals surface area contributed by atoms with Gasteiger partial charge in [-0.15, -0.1) is 0 Å². The summed E-state index contributed by atoms with van der Waals surface area (Å²) in [7, 11) is 2.19. The Morgan fingerprint density at radius 2 is 1.87 bits per heavy atom. The van der Waals surface area contributed by atoms with Crippen LogP contribution in [0.15, 0.2) is 0 Å². The van der Waals surface area contributed by atoms with Crippen molar-refractivity contribution in [1.82, 2.24) is 10.2 Å². The molecule has 1 aliphatic carbocycles. The second kappa shape index (κ2) is 8.08. The molecule has 1 aliphatic rings. The van der Waals surface area contributed by atoms with E-state index in [4.69, 9.17) is 5.11 Å². The zero-order valence-electron chi connectivity index (χ0n) is 10.0.